The number of likely N-dealkylation sites (tertiary alicyclic amines) is 1. The first-order chi connectivity index (χ1) is 10.3. The minimum absolute atomic E-state index is 0.377. The molecule has 1 heterocycles. The van der Waals surface area contributed by atoms with Gasteiger partial charge in [0, 0.05) is 26.2 Å². The number of benzene rings is 1. The van der Waals surface area contributed by atoms with Crippen molar-refractivity contribution >= 4 is 0 Å². The van der Waals surface area contributed by atoms with E-state index in [0.29, 0.717) is 12.0 Å². The number of nitrogens with zero attached hydrogens (tertiary/aromatic N) is 1. The first-order valence-electron chi connectivity index (χ1n) is 7.85. The Labute approximate surface area is 128 Å². The zero-order valence-corrected chi connectivity index (χ0v) is 13.5. The predicted octanol–water partition coefficient (Wildman–Crippen LogP) is 2.31. The molecule has 1 aromatic carbocycles. The second-order valence-electron chi connectivity index (χ2n) is 5.75. The molecule has 2 atom stereocenters. The number of hydrogen-bond donors (Lipinski definition) is 1. The summed E-state index contributed by atoms with van der Waals surface area (Å²) < 4.78 is 10.5. The average molecular weight is 292 g/mol. The highest BCUT2D eigenvalue weighted by molar-refractivity contribution is 5.29. The van der Waals surface area contributed by atoms with Crippen molar-refractivity contribution in [2.24, 2.45) is 5.92 Å². The van der Waals surface area contributed by atoms with Crippen LogP contribution in [0.5, 0.6) is 5.75 Å². The molecule has 0 saturated carbocycles. The lowest BCUT2D eigenvalue weighted by atomic mass is 10.1. The molecule has 0 spiro atoms. The third-order valence-corrected chi connectivity index (χ3v) is 4.18. The van der Waals surface area contributed by atoms with Gasteiger partial charge in [0.15, 0.2) is 0 Å². The molecule has 1 N–H and O–H groups in total. The van der Waals surface area contributed by atoms with Gasteiger partial charge in [-0.1, -0.05) is 19.1 Å². The molecule has 0 aromatic heterocycles. The highest BCUT2D eigenvalue weighted by atomic mass is 16.5. The SMILES string of the molecule is CCNC(CN1CCC(COC)C1)c1ccc(OC)cc1. The zero-order valence-electron chi connectivity index (χ0n) is 13.5. The molecule has 0 aliphatic carbocycles. The first-order valence-corrected chi connectivity index (χ1v) is 7.85. The van der Waals surface area contributed by atoms with E-state index >= 15 is 0 Å². The van der Waals surface area contributed by atoms with Gasteiger partial charge in [-0.2, -0.15) is 0 Å². The monoisotopic (exact) mass is 292 g/mol. The molecule has 21 heavy (non-hydrogen) atoms. The largest absolute Gasteiger partial charge is 0.497 e. The molecular weight excluding hydrogens is 264 g/mol. The standard InChI is InChI=1S/C17H28N2O2/c1-4-18-17(15-5-7-16(21-3)8-6-15)12-19-10-9-14(11-19)13-20-2/h5-8,14,17-18H,4,9-13H2,1-3H3. The molecule has 1 aliphatic rings. The summed E-state index contributed by atoms with van der Waals surface area (Å²) in [7, 11) is 3.50. The zero-order chi connectivity index (χ0) is 15.1. The van der Waals surface area contributed by atoms with Gasteiger partial charge in [0.05, 0.1) is 13.7 Å². The van der Waals surface area contributed by atoms with E-state index in [4.69, 9.17) is 9.47 Å². The first kappa shape index (κ1) is 16.3. The number of likely N-dealkylation sites (N-methyl/N-ethyl adjacent to an activating group) is 1. The second-order valence-corrected chi connectivity index (χ2v) is 5.75. The molecule has 1 saturated heterocycles. The van der Waals surface area contributed by atoms with Gasteiger partial charge in [-0.25, -0.2) is 0 Å². The Kier molecular flexibility index (Phi) is 6.49. The number of nitrogens with one attached hydrogen (secondary N) is 1. The molecule has 118 valence electrons. The lowest BCUT2D eigenvalue weighted by molar-refractivity contribution is 0.152. The van der Waals surface area contributed by atoms with Crippen LogP contribution in [-0.2, 0) is 4.74 Å². The Balaban J connectivity index is 1.95. The third kappa shape index (κ3) is 4.70. The van der Waals surface area contributed by atoms with Crippen LogP contribution in [0.3, 0.4) is 0 Å². The second kappa shape index (κ2) is 8.37. The Morgan fingerprint density at radius 3 is 2.67 bits per heavy atom. The predicted molar refractivity (Wildman–Crippen MR) is 85.8 cm³/mol. The van der Waals surface area contributed by atoms with Gasteiger partial charge in [-0.05, 0) is 43.1 Å². The van der Waals surface area contributed by atoms with Gasteiger partial charge in [0.25, 0.3) is 0 Å². The van der Waals surface area contributed by atoms with Crippen molar-refractivity contribution in [2.45, 2.75) is 19.4 Å². The fraction of sp³-hybridized carbons (Fsp3) is 0.647. The van der Waals surface area contributed by atoms with E-state index in [9.17, 15) is 0 Å². The van der Waals surface area contributed by atoms with E-state index in [1.54, 1.807) is 14.2 Å². The van der Waals surface area contributed by atoms with E-state index in [-0.39, 0.29) is 0 Å². The number of methoxy groups -OCH3 is 2. The summed E-state index contributed by atoms with van der Waals surface area (Å²) >= 11 is 0. The minimum atomic E-state index is 0.377. The topological polar surface area (TPSA) is 33.7 Å². The van der Waals surface area contributed by atoms with E-state index in [1.807, 2.05) is 12.1 Å². The lowest BCUT2D eigenvalue weighted by Gasteiger charge is -2.25. The van der Waals surface area contributed by atoms with Crippen LogP contribution in [0.15, 0.2) is 24.3 Å². The van der Waals surface area contributed by atoms with Gasteiger partial charge in [0.1, 0.15) is 5.75 Å². The maximum atomic E-state index is 5.28. The summed E-state index contributed by atoms with van der Waals surface area (Å²) in [5.74, 6) is 1.60. The summed E-state index contributed by atoms with van der Waals surface area (Å²) in [6, 6.07) is 8.78. The van der Waals surface area contributed by atoms with Crippen molar-refractivity contribution in [3.8, 4) is 5.75 Å². The lowest BCUT2D eigenvalue weighted by Crippen LogP contribution is -2.34. The van der Waals surface area contributed by atoms with Crippen molar-refractivity contribution in [3.05, 3.63) is 29.8 Å². The summed E-state index contributed by atoms with van der Waals surface area (Å²) in [6.07, 6.45) is 1.25. The molecule has 4 nitrogen and oxygen atoms in total. The summed E-state index contributed by atoms with van der Waals surface area (Å²) in [5, 5.41) is 3.60. The van der Waals surface area contributed by atoms with E-state index in [2.05, 4.69) is 29.3 Å². The van der Waals surface area contributed by atoms with Crippen LogP contribution in [-0.4, -0.2) is 51.9 Å². The maximum Gasteiger partial charge on any atom is 0.118 e. The van der Waals surface area contributed by atoms with E-state index < -0.39 is 0 Å². The van der Waals surface area contributed by atoms with Crippen LogP contribution in [0.25, 0.3) is 0 Å². The summed E-state index contributed by atoms with van der Waals surface area (Å²) in [6.45, 7) is 7.39. The van der Waals surface area contributed by atoms with Crippen LogP contribution < -0.4 is 10.1 Å². The molecule has 2 unspecified atom stereocenters. The van der Waals surface area contributed by atoms with Crippen molar-refractivity contribution in [1.29, 1.82) is 0 Å². The van der Waals surface area contributed by atoms with Gasteiger partial charge in [0.2, 0.25) is 0 Å². The molecule has 1 aliphatic heterocycles. The van der Waals surface area contributed by atoms with Gasteiger partial charge in [-0.15, -0.1) is 0 Å². The number of rotatable bonds is 8. The normalized spacial score (nSPS) is 20.6. The molecule has 0 bridgehead atoms. The quantitative estimate of drug-likeness (QED) is 0.797. The Morgan fingerprint density at radius 1 is 1.29 bits per heavy atom. The van der Waals surface area contributed by atoms with Crippen molar-refractivity contribution in [1.82, 2.24) is 10.2 Å². The Bertz CT molecular complexity index is 408. The molecule has 0 amide bonds. The highest BCUT2D eigenvalue weighted by Crippen LogP contribution is 2.22. The highest BCUT2D eigenvalue weighted by Gasteiger charge is 2.24. The van der Waals surface area contributed by atoms with Crippen molar-refractivity contribution < 1.29 is 9.47 Å². The molecule has 1 aromatic rings. The van der Waals surface area contributed by atoms with Gasteiger partial charge < -0.3 is 19.7 Å². The van der Waals surface area contributed by atoms with Crippen LogP contribution in [0.1, 0.15) is 24.9 Å². The van der Waals surface area contributed by atoms with Crippen LogP contribution in [0, 0.1) is 5.92 Å². The molecule has 2 rings (SSSR count). The van der Waals surface area contributed by atoms with E-state index in [0.717, 1.165) is 32.0 Å². The van der Waals surface area contributed by atoms with Crippen molar-refractivity contribution in [3.63, 3.8) is 0 Å². The van der Waals surface area contributed by atoms with Crippen molar-refractivity contribution in [2.75, 3.05) is 47.0 Å². The van der Waals surface area contributed by atoms with Gasteiger partial charge in [-0.3, -0.25) is 0 Å². The minimum Gasteiger partial charge on any atom is -0.497 e. The fourth-order valence-corrected chi connectivity index (χ4v) is 3.08. The Hall–Kier alpha value is -1.10. The van der Waals surface area contributed by atoms with Gasteiger partial charge >= 0.3 is 0 Å². The smallest absolute Gasteiger partial charge is 0.118 e. The molecule has 0 radical (unpaired) electrons. The molecule has 1 fully saturated rings. The summed E-state index contributed by atoms with van der Waals surface area (Å²) in [4.78, 5) is 2.54. The number of ether oxygens (including phenoxy) is 2. The fourth-order valence-electron chi connectivity index (χ4n) is 3.08. The third-order valence-electron chi connectivity index (χ3n) is 4.18. The molecule has 4 heteroatoms. The van der Waals surface area contributed by atoms with Crippen LogP contribution in [0.4, 0.5) is 0 Å². The number of hydrogen-bond acceptors (Lipinski definition) is 4. The average Bonchev–Trinajstić information content (AvgIpc) is 2.95. The maximum absolute atomic E-state index is 5.28. The van der Waals surface area contributed by atoms with Crippen LogP contribution in [0.2, 0.25) is 0 Å². The summed E-state index contributed by atoms with van der Waals surface area (Å²) in [5.41, 5.74) is 1.33. The van der Waals surface area contributed by atoms with E-state index in [1.165, 1.54) is 18.5 Å². The Morgan fingerprint density at radius 2 is 2.05 bits per heavy atom. The molecular formula is C17H28N2O2. The van der Waals surface area contributed by atoms with Crippen LogP contribution >= 0.6 is 0 Å².